The number of sulfonamides is 1. The van der Waals surface area contributed by atoms with Crippen LogP contribution in [0.4, 0.5) is 11.0 Å². The van der Waals surface area contributed by atoms with Crippen molar-refractivity contribution in [3.8, 4) is 0 Å². The zero-order valence-electron chi connectivity index (χ0n) is 21.0. The monoisotopic (exact) mass is 567 g/mol. The molecule has 5 rings (SSSR count). The lowest BCUT2D eigenvalue weighted by Crippen LogP contribution is -2.32. The van der Waals surface area contributed by atoms with E-state index in [1.807, 2.05) is 25.1 Å². The molecule has 1 saturated heterocycles. The van der Waals surface area contributed by atoms with Crippen molar-refractivity contribution < 1.29 is 22.6 Å². The van der Waals surface area contributed by atoms with Crippen LogP contribution in [0.2, 0.25) is 0 Å². The fraction of sp³-hybridized carbons (Fsp3) is 0.269. The Kier molecular flexibility index (Phi) is 7.55. The SMILES string of the molecule is Cc1ccc2nc(N(/N=C/c3ccc([N+](=O)[O-])o3)C(=O)c3ccc(S(=O)(=O)N4CCCCCC4)cc3)sc2c1. The van der Waals surface area contributed by atoms with Crippen LogP contribution in [0.25, 0.3) is 10.2 Å². The van der Waals surface area contributed by atoms with E-state index in [0.717, 1.165) is 41.0 Å². The van der Waals surface area contributed by atoms with E-state index in [0.29, 0.717) is 18.6 Å². The van der Waals surface area contributed by atoms with E-state index in [-0.39, 0.29) is 21.4 Å². The third-order valence-electron chi connectivity index (χ3n) is 6.30. The van der Waals surface area contributed by atoms with Gasteiger partial charge in [-0.05, 0) is 67.8 Å². The van der Waals surface area contributed by atoms with Gasteiger partial charge >= 0.3 is 5.88 Å². The average Bonchev–Trinajstić information content (AvgIpc) is 3.47. The summed E-state index contributed by atoms with van der Waals surface area (Å²) in [6.45, 7) is 2.91. The van der Waals surface area contributed by atoms with Crippen LogP contribution in [-0.4, -0.2) is 47.8 Å². The number of amides is 1. The van der Waals surface area contributed by atoms with E-state index < -0.39 is 26.7 Å². The molecule has 0 spiro atoms. The first-order valence-corrected chi connectivity index (χ1v) is 14.6. The van der Waals surface area contributed by atoms with Gasteiger partial charge in [0, 0.05) is 18.7 Å². The molecule has 0 N–H and O–H groups in total. The summed E-state index contributed by atoms with van der Waals surface area (Å²) in [6.07, 6.45) is 4.85. The molecular weight excluding hydrogens is 542 g/mol. The number of hydrogen-bond donors (Lipinski definition) is 0. The number of rotatable bonds is 7. The number of thiazole rings is 1. The summed E-state index contributed by atoms with van der Waals surface area (Å²) in [4.78, 5) is 28.6. The largest absolute Gasteiger partial charge is 0.433 e. The van der Waals surface area contributed by atoms with E-state index in [2.05, 4.69) is 10.1 Å². The normalized spacial score (nSPS) is 15.0. The van der Waals surface area contributed by atoms with Crippen LogP contribution in [0, 0.1) is 17.0 Å². The molecule has 13 heteroatoms. The predicted octanol–water partition coefficient (Wildman–Crippen LogP) is 5.35. The maximum absolute atomic E-state index is 13.6. The Hall–Kier alpha value is -3.94. The van der Waals surface area contributed by atoms with Crippen LogP contribution in [0.15, 0.2) is 69.0 Å². The first kappa shape index (κ1) is 26.7. The van der Waals surface area contributed by atoms with Crippen molar-refractivity contribution in [3.05, 3.63) is 81.6 Å². The smallest absolute Gasteiger partial charge is 0.400 e. The van der Waals surface area contributed by atoms with Crippen molar-refractivity contribution in [3.63, 3.8) is 0 Å². The van der Waals surface area contributed by atoms with Gasteiger partial charge in [-0.25, -0.2) is 13.4 Å². The molecule has 1 aliphatic rings. The zero-order chi connectivity index (χ0) is 27.6. The molecule has 0 saturated carbocycles. The van der Waals surface area contributed by atoms with Gasteiger partial charge in [0.15, 0.2) is 5.76 Å². The maximum atomic E-state index is 13.6. The van der Waals surface area contributed by atoms with Crippen LogP contribution < -0.4 is 5.01 Å². The van der Waals surface area contributed by atoms with Crippen molar-refractivity contribution in [2.24, 2.45) is 5.10 Å². The van der Waals surface area contributed by atoms with Gasteiger partial charge in [-0.2, -0.15) is 14.4 Å². The van der Waals surface area contributed by atoms with Gasteiger partial charge in [0.05, 0.1) is 27.4 Å². The summed E-state index contributed by atoms with van der Waals surface area (Å²) in [6, 6.07) is 14.0. The highest BCUT2D eigenvalue weighted by Gasteiger charge is 2.27. The Bertz CT molecular complexity index is 1650. The van der Waals surface area contributed by atoms with Gasteiger partial charge in [0.2, 0.25) is 15.2 Å². The second-order valence-electron chi connectivity index (χ2n) is 9.10. The maximum Gasteiger partial charge on any atom is 0.433 e. The molecule has 39 heavy (non-hydrogen) atoms. The van der Waals surface area contributed by atoms with Gasteiger partial charge < -0.3 is 4.42 Å². The molecule has 1 amide bonds. The quantitative estimate of drug-likeness (QED) is 0.167. The number of hydrazone groups is 1. The molecule has 0 radical (unpaired) electrons. The average molecular weight is 568 g/mol. The van der Waals surface area contributed by atoms with Crippen molar-refractivity contribution in [2.75, 3.05) is 18.1 Å². The van der Waals surface area contributed by atoms with Gasteiger partial charge in [-0.3, -0.25) is 14.9 Å². The number of aryl methyl sites for hydroxylation is 1. The molecule has 11 nitrogen and oxygen atoms in total. The van der Waals surface area contributed by atoms with E-state index in [9.17, 15) is 23.3 Å². The van der Waals surface area contributed by atoms with E-state index >= 15 is 0 Å². The fourth-order valence-corrected chi connectivity index (χ4v) is 6.78. The number of carbonyl (C=O) groups is 1. The lowest BCUT2D eigenvalue weighted by atomic mass is 10.2. The molecule has 1 aliphatic heterocycles. The third-order valence-corrected chi connectivity index (χ3v) is 9.21. The van der Waals surface area contributed by atoms with Crippen molar-refractivity contribution in [1.29, 1.82) is 0 Å². The van der Waals surface area contributed by atoms with Crippen LogP contribution in [0.1, 0.15) is 47.4 Å². The number of nitrogens with zero attached hydrogens (tertiary/aromatic N) is 5. The van der Waals surface area contributed by atoms with Crippen LogP contribution in [0.5, 0.6) is 0 Å². The number of furan rings is 1. The number of fused-ring (bicyclic) bond motifs is 1. The van der Waals surface area contributed by atoms with E-state index in [1.54, 1.807) is 0 Å². The van der Waals surface area contributed by atoms with Crippen LogP contribution in [0.3, 0.4) is 0 Å². The highest BCUT2D eigenvalue weighted by Crippen LogP contribution is 2.31. The minimum Gasteiger partial charge on any atom is -0.400 e. The van der Waals surface area contributed by atoms with E-state index in [1.165, 1.54) is 58.3 Å². The predicted molar refractivity (Wildman–Crippen MR) is 148 cm³/mol. The van der Waals surface area contributed by atoms with Crippen molar-refractivity contribution >= 4 is 54.7 Å². The number of hydrogen-bond acceptors (Lipinski definition) is 9. The molecule has 2 aromatic carbocycles. The summed E-state index contributed by atoms with van der Waals surface area (Å²) >= 11 is 1.25. The van der Waals surface area contributed by atoms with Crippen LogP contribution >= 0.6 is 11.3 Å². The number of nitro groups is 1. The van der Waals surface area contributed by atoms with E-state index in [4.69, 9.17) is 4.42 Å². The summed E-state index contributed by atoms with van der Waals surface area (Å²) in [5.41, 5.74) is 1.91. The Balaban J connectivity index is 1.46. The number of benzene rings is 2. The minimum absolute atomic E-state index is 0.0790. The molecule has 3 heterocycles. The van der Waals surface area contributed by atoms with Crippen molar-refractivity contribution in [1.82, 2.24) is 9.29 Å². The standard InChI is InChI=1S/C26H25N5O6S2/c1-18-6-12-22-23(16-18)38-26(28-22)30(27-17-20-9-13-24(37-20)31(33)34)25(32)19-7-10-21(11-8-19)39(35,36)29-14-4-2-3-5-15-29/h6-13,16-17H,2-5,14-15H2,1H3/b27-17+. The summed E-state index contributed by atoms with van der Waals surface area (Å²) in [5.74, 6) is -0.928. The third kappa shape index (κ3) is 5.75. The topological polar surface area (TPSA) is 139 Å². The summed E-state index contributed by atoms with van der Waals surface area (Å²) in [5, 5.41) is 16.6. The molecule has 0 aliphatic carbocycles. The molecule has 0 unspecified atom stereocenters. The zero-order valence-corrected chi connectivity index (χ0v) is 22.7. The number of anilines is 1. The van der Waals surface area contributed by atoms with Crippen LogP contribution in [-0.2, 0) is 10.0 Å². The number of aromatic nitrogens is 1. The van der Waals surface area contributed by atoms with Gasteiger partial charge in [0.25, 0.3) is 5.91 Å². The van der Waals surface area contributed by atoms with Gasteiger partial charge in [-0.15, -0.1) is 0 Å². The highest BCUT2D eigenvalue weighted by molar-refractivity contribution is 7.89. The molecule has 0 bridgehead atoms. The summed E-state index contributed by atoms with van der Waals surface area (Å²) < 4.78 is 33.8. The highest BCUT2D eigenvalue weighted by atomic mass is 32.2. The molecule has 0 atom stereocenters. The Morgan fingerprint density at radius 3 is 2.49 bits per heavy atom. The molecular formula is C26H25N5O6S2. The van der Waals surface area contributed by atoms with Gasteiger partial charge in [0.1, 0.15) is 4.92 Å². The lowest BCUT2D eigenvalue weighted by molar-refractivity contribution is -0.402. The first-order chi connectivity index (χ1) is 18.7. The molecule has 4 aromatic rings. The molecule has 202 valence electrons. The second-order valence-corrected chi connectivity index (χ2v) is 12.1. The van der Waals surface area contributed by atoms with Crippen molar-refractivity contribution in [2.45, 2.75) is 37.5 Å². The Morgan fingerprint density at radius 2 is 1.82 bits per heavy atom. The Morgan fingerprint density at radius 1 is 1.10 bits per heavy atom. The minimum atomic E-state index is -3.67. The number of carbonyl (C=O) groups excluding carboxylic acids is 1. The molecule has 1 fully saturated rings. The fourth-order valence-electron chi connectivity index (χ4n) is 4.25. The summed E-state index contributed by atoms with van der Waals surface area (Å²) in [7, 11) is -3.67. The first-order valence-electron chi connectivity index (χ1n) is 12.3. The second kappa shape index (κ2) is 11.0. The Labute approximate surface area is 228 Å². The molecule has 2 aromatic heterocycles. The van der Waals surface area contributed by atoms with Gasteiger partial charge in [-0.1, -0.05) is 30.2 Å². The lowest BCUT2D eigenvalue weighted by Gasteiger charge is -2.20.